The fourth-order valence-electron chi connectivity index (χ4n) is 3.36. The molecule has 0 radical (unpaired) electrons. The summed E-state index contributed by atoms with van der Waals surface area (Å²) < 4.78 is 21.4. The van der Waals surface area contributed by atoms with Crippen molar-refractivity contribution in [2.45, 2.75) is 32.6 Å². The highest BCUT2D eigenvalue weighted by molar-refractivity contribution is 5.91. The van der Waals surface area contributed by atoms with Crippen LogP contribution >= 0.6 is 0 Å². The van der Waals surface area contributed by atoms with Crippen molar-refractivity contribution < 1.29 is 33.3 Å². The average molecular weight is 533 g/mol. The highest BCUT2D eigenvalue weighted by Gasteiger charge is 2.09. The number of nitrogen functional groups attached to an aromatic ring is 2. The largest absolute Gasteiger partial charge is 0.493 e. The van der Waals surface area contributed by atoms with Crippen LogP contribution in [0.5, 0.6) is 17.2 Å². The Morgan fingerprint density at radius 1 is 0.769 bits per heavy atom. The van der Waals surface area contributed by atoms with Crippen molar-refractivity contribution in [2.75, 3.05) is 24.7 Å². The number of ether oxygens (including phenoxy) is 4. The predicted octanol–water partition coefficient (Wildman–Crippen LogP) is 5.19. The predicted molar refractivity (Wildman–Crippen MR) is 148 cm³/mol. The zero-order valence-corrected chi connectivity index (χ0v) is 21.8. The molecule has 0 atom stereocenters. The maximum atomic E-state index is 12.1. The van der Waals surface area contributed by atoms with Gasteiger partial charge in [-0.2, -0.15) is 0 Å². The molecule has 0 aliphatic carbocycles. The summed E-state index contributed by atoms with van der Waals surface area (Å²) in [6.45, 7) is 2.54. The van der Waals surface area contributed by atoms with Gasteiger partial charge in [0, 0.05) is 30.3 Å². The number of hydrogen-bond donors (Lipinski definition) is 2. The number of carbonyl (C=O) groups excluding carboxylic acids is 3. The van der Waals surface area contributed by atoms with Crippen molar-refractivity contribution in [3.63, 3.8) is 0 Å². The third-order valence-electron chi connectivity index (χ3n) is 5.30. The molecule has 0 heterocycles. The molecule has 3 aromatic rings. The summed E-state index contributed by atoms with van der Waals surface area (Å²) in [6, 6.07) is 18.0. The van der Waals surface area contributed by atoms with Crippen molar-refractivity contribution in [3.05, 3.63) is 83.9 Å². The van der Waals surface area contributed by atoms with Crippen LogP contribution < -0.4 is 25.7 Å². The SMILES string of the molecule is CCCCC(=O)Oc1ccc(OC(=O)C=Cc2ccc(OCCCOC(=O)c3cc(N)cc(N)c3)cc2)cc1. The maximum absolute atomic E-state index is 12.1. The summed E-state index contributed by atoms with van der Waals surface area (Å²) in [6.07, 6.45) is 5.50. The molecule has 0 saturated heterocycles. The molecule has 0 aliphatic heterocycles. The molecule has 0 bridgehead atoms. The van der Waals surface area contributed by atoms with Gasteiger partial charge in [-0.15, -0.1) is 0 Å². The van der Waals surface area contributed by atoms with Crippen molar-refractivity contribution in [1.29, 1.82) is 0 Å². The van der Waals surface area contributed by atoms with E-state index in [-0.39, 0.29) is 12.6 Å². The molecule has 3 rings (SSSR count). The molecule has 0 aromatic heterocycles. The smallest absolute Gasteiger partial charge is 0.338 e. The van der Waals surface area contributed by atoms with Gasteiger partial charge in [0.1, 0.15) is 17.2 Å². The van der Waals surface area contributed by atoms with Crippen LogP contribution in [-0.4, -0.2) is 31.1 Å². The molecule has 3 aromatic carbocycles. The Hall–Kier alpha value is -4.79. The number of anilines is 2. The molecule has 39 heavy (non-hydrogen) atoms. The van der Waals surface area contributed by atoms with E-state index >= 15 is 0 Å². The van der Waals surface area contributed by atoms with Gasteiger partial charge in [-0.05, 0) is 72.7 Å². The quantitative estimate of drug-likeness (QED) is 0.1000. The van der Waals surface area contributed by atoms with Crippen molar-refractivity contribution in [1.82, 2.24) is 0 Å². The van der Waals surface area contributed by atoms with E-state index in [4.69, 9.17) is 30.4 Å². The van der Waals surface area contributed by atoms with Gasteiger partial charge in [-0.25, -0.2) is 9.59 Å². The minimum Gasteiger partial charge on any atom is -0.493 e. The monoisotopic (exact) mass is 532 g/mol. The molecular weight excluding hydrogens is 500 g/mol. The first-order chi connectivity index (χ1) is 18.8. The fraction of sp³-hybridized carbons (Fsp3) is 0.233. The van der Waals surface area contributed by atoms with Gasteiger partial charge < -0.3 is 30.4 Å². The normalized spacial score (nSPS) is 10.7. The summed E-state index contributed by atoms with van der Waals surface area (Å²) in [7, 11) is 0. The summed E-state index contributed by atoms with van der Waals surface area (Å²) in [5, 5.41) is 0. The molecule has 0 fully saturated rings. The van der Waals surface area contributed by atoms with E-state index < -0.39 is 11.9 Å². The van der Waals surface area contributed by atoms with E-state index in [0.29, 0.717) is 53.6 Å². The third kappa shape index (κ3) is 10.2. The van der Waals surface area contributed by atoms with Gasteiger partial charge in [0.15, 0.2) is 0 Å². The molecule has 0 amide bonds. The third-order valence-corrected chi connectivity index (χ3v) is 5.30. The zero-order chi connectivity index (χ0) is 28.0. The number of rotatable bonds is 13. The van der Waals surface area contributed by atoms with E-state index in [9.17, 15) is 14.4 Å². The fourth-order valence-corrected chi connectivity index (χ4v) is 3.36. The Morgan fingerprint density at radius 2 is 1.38 bits per heavy atom. The minimum absolute atomic E-state index is 0.184. The van der Waals surface area contributed by atoms with Crippen LogP contribution in [0.15, 0.2) is 72.8 Å². The van der Waals surface area contributed by atoms with Crippen molar-refractivity contribution in [2.24, 2.45) is 0 Å². The Kier molecular flexibility index (Phi) is 10.9. The highest BCUT2D eigenvalue weighted by atomic mass is 16.5. The summed E-state index contributed by atoms with van der Waals surface area (Å²) >= 11 is 0. The van der Waals surface area contributed by atoms with Crippen LogP contribution in [0.3, 0.4) is 0 Å². The van der Waals surface area contributed by atoms with Gasteiger partial charge in [0.25, 0.3) is 0 Å². The second-order valence-corrected chi connectivity index (χ2v) is 8.60. The molecule has 9 nitrogen and oxygen atoms in total. The molecule has 0 unspecified atom stereocenters. The minimum atomic E-state index is -0.543. The topological polar surface area (TPSA) is 140 Å². The van der Waals surface area contributed by atoms with E-state index in [1.54, 1.807) is 60.7 Å². The lowest BCUT2D eigenvalue weighted by atomic mass is 10.2. The number of esters is 3. The molecule has 0 saturated carbocycles. The molecule has 4 N–H and O–H groups in total. The first-order valence-corrected chi connectivity index (χ1v) is 12.6. The lowest BCUT2D eigenvalue weighted by Crippen LogP contribution is -2.10. The Morgan fingerprint density at radius 3 is 2.03 bits per heavy atom. The lowest BCUT2D eigenvalue weighted by molar-refractivity contribution is -0.134. The number of benzene rings is 3. The Balaban J connectivity index is 1.36. The van der Waals surface area contributed by atoms with E-state index in [2.05, 4.69) is 0 Å². The van der Waals surface area contributed by atoms with Crippen LogP contribution in [-0.2, 0) is 14.3 Å². The number of carbonyl (C=O) groups is 3. The van der Waals surface area contributed by atoms with E-state index in [0.717, 1.165) is 18.4 Å². The van der Waals surface area contributed by atoms with E-state index in [1.165, 1.54) is 18.2 Å². The molecule has 204 valence electrons. The Labute approximate surface area is 227 Å². The van der Waals surface area contributed by atoms with Crippen LogP contribution in [0, 0.1) is 0 Å². The van der Waals surface area contributed by atoms with Crippen LogP contribution in [0.4, 0.5) is 11.4 Å². The first-order valence-electron chi connectivity index (χ1n) is 12.6. The van der Waals surface area contributed by atoms with Crippen molar-refractivity contribution in [3.8, 4) is 17.2 Å². The summed E-state index contributed by atoms with van der Waals surface area (Å²) in [5.41, 5.74) is 13.3. The van der Waals surface area contributed by atoms with Gasteiger partial charge >= 0.3 is 17.9 Å². The molecule has 0 aliphatic rings. The van der Waals surface area contributed by atoms with Crippen LogP contribution in [0.2, 0.25) is 0 Å². The zero-order valence-electron chi connectivity index (χ0n) is 21.8. The lowest BCUT2D eigenvalue weighted by Gasteiger charge is -2.08. The Bertz CT molecular complexity index is 1270. The molecular formula is C30H32N2O7. The second kappa shape index (κ2) is 14.8. The second-order valence-electron chi connectivity index (χ2n) is 8.60. The molecule has 0 spiro atoms. The van der Waals surface area contributed by atoms with Gasteiger partial charge in [0.2, 0.25) is 0 Å². The number of nitrogens with two attached hydrogens (primary N) is 2. The number of unbranched alkanes of at least 4 members (excludes halogenated alkanes) is 1. The van der Waals surface area contributed by atoms with Crippen LogP contribution in [0.1, 0.15) is 48.5 Å². The highest BCUT2D eigenvalue weighted by Crippen LogP contribution is 2.19. The first kappa shape index (κ1) is 28.8. The van der Waals surface area contributed by atoms with Gasteiger partial charge in [0.05, 0.1) is 18.8 Å². The van der Waals surface area contributed by atoms with Crippen molar-refractivity contribution >= 4 is 35.4 Å². The van der Waals surface area contributed by atoms with E-state index in [1.807, 2.05) is 6.92 Å². The maximum Gasteiger partial charge on any atom is 0.338 e. The van der Waals surface area contributed by atoms with Crippen LogP contribution in [0.25, 0.3) is 6.08 Å². The van der Waals surface area contributed by atoms with Gasteiger partial charge in [-0.1, -0.05) is 25.5 Å². The summed E-state index contributed by atoms with van der Waals surface area (Å²) in [4.78, 5) is 35.9. The number of hydrogen-bond acceptors (Lipinski definition) is 9. The summed E-state index contributed by atoms with van der Waals surface area (Å²) in [5.74, 6) is 0.0492. The standard InChI is InChI=1S/C30H32N2O7/c1-2-3-5-28(33)38-26-11-13-27(14-12-26)39-29(34)15-8-21-6-9-25(10-7-21)36-16-4-17-37-30(35)22-18-23(31)20-24(32)19-22/h6-15,18-20H,2-5,16-17,31-32H2,1H3. The van der Waals surface area contributed by atoms with Gasteiger partial charge in [-0.3, -0.25) is 4.79 Å². The average Bonchev–Trinajstić information content (AvgIpc) is 2.91. The molecule has 9 heteroatoms.